The van der Waals surface area contributed by atoms with Crippen LogP contribution in [0.3, 0.4) is 0 Å². The van der Waals surface area contributed by atoms with Crippen molar-refractivity contribution in [2.45, 2.75) is 31.3 Å². The van der Waals surface area contributed by atoms with Crippen molar-refractivity contribution in [1.29, 1.82) is 0 Å². The lowest BCUT2D eigenvalue weighted by Gasteiger charge is -2.43. The number of anilines is 1. The van der Waals surface area contributed by atoms with Gasteiger partial charge in [0.2, 0.25) is 0 Å². The van der Waals surface area contributed by atoms with Crippen LogP contribution in [0.25, 0.3) is 5.65 Å². The van der Waals surface area contributed by atoms with Crippen molar-refractivity contribution >= 4 is 11.3 Å². The molecule has 0 aliphatic carbocycles. The zero-order chi connectivity index (χ0) is 23.3. The number of imidazole rings is 1. The number of aromatic nitrogens is 2. The highest BCUT2D eigenvalue weighted by atomic mass is 19.4. The molecule has 1 aromatic carbocycles. The number of alkyl halides is 3. The maximum Gasteiger partial charge on any atom is 0.434 e. The van der Waals surface area contributed by atoms with E-state index in [1.807, 2.05) is 6.92 Å². The predicted octanol–water partition coefficient (Wildman–Crippen LogP) is 4.27. The quantitative estimate of drug-likeness (QED) is 0.582. The van der Waals surface area contributed by atoms with Gasteiger partial charge in [-0.15, -0.1) is 0 Å². The van der Waals surface area contributed by atoms with Crippen molar-refractivity contribution in [3.63, 3.8) is 0 Å². The minimum atomic E-state index is -4.67. The molecular weight excluding hydrogens is 447 g/mol. The van der Waals surface area contributed by atoms with Crippen molar-refractivity contribution < 1.29 is 31.4 Å². The topological polar surface area (TPSA) is 51.0 Å². The Morgan fingerprint density at radius 1 is 1.12 bits per heavy atom. The molecular formula is C22H21F5N4O2. The van der Waals surface area contributed by atoms with Crippen molar-refractivity contribution in [3.8, 4) is 5.75 Å². The molecule has 0 spiro atoms. The van der Waals surface area contributed by atoms with Crippen molar-refractivity contribution in [2.24, 2.45) is 0 Å². The maximum atomic E-state index is 14.3. The Morgan fingerprint density at radius 2 is 1.94 bits per heavy atom. The van der Waals surface area contributed by atoms with Gasteiger partial charge in [-0.1, -0.05) is 6.07 Å². The molecule has 3 aromatic rings. The van der Waals surface area contributed by atoms with Crippen LogP contribution in [-0.4, -0.2) is 52.7 Å². The highest BCUT2D eigenvalue weighted by molar-refractivity contribution is 5.69. The summed E-state index contributed by atoms with van der Waals surface area (Å²) < 4.78 is 80.3. The Kier molecular flexibility index (Phi) is 5.40. The van der Waals surface area contributed by atoms with Gasteiger partial charge in [0, 0.05) is 43.2 Å². The summed E-state index contributed by atoms with van der Waals surface area (Å²) in [6, 6.07) is 4.47. The van der Waals surface area contributed by atoms with E-state index in [1.165, 1.54) is 12.1 Å². The van der Waals surface area contributed by atoms with Crippen LogP contribution < -0.4 is 10.1 Å². The second kappa shape index (κ2) is 8.14. The monoisotopic (exact) mass is 468 g/mol. The fourth-order valence-electron chi connectivity index (χ4n) is 4.48. The standard InChI is InChI=1S/C22H21F5N4O2/c1-12-8-30(4-5-32-12)17-11-33-18-7-13(23)2-3-15(18)20(17)28-16-6-14(24)9-31-10-19(22(25,26)27)29-21(16)31/h2-3,6-7,9-10,12,17,20,28H,4-5,8,11H2,1H3. The van der Waals surface area contributed by atoms with E-state index in [2.05, 4.69) is 15.2 Å². The first-order chi connectivity index (χ1) is 15.7. The van der Waals surface area contributed by atoms with Gasteiger partial charge < -0.3 is 19.2 Å². The van der Waals surface area contributed by atoms with E-state index in [4.69, 9.17) is 9.47 Å². The van der Waals surface area contributed by atoms with E-state index in [9.17, 15) is 22.0 Å². The number of nitrogens with one attached hydrogen (secondary N) is 1. The first kappa shape index (κ1) is 21.9. The third-order valence-electron chi connectivity index (χ3n) is 5.97. The zero-order valence-electron chi connectivity index (χ0n) is 17.6. The molecule has 6 nitrogen and oxygen atoms in total. The van der Waals surface area contributed by atoms with Gasteiger partial charge in [0.1, 0.15) is 24.0 Å². The number of morpholine rings is 1. The fourth-order valence-corrected chi connectivity index (χ4v) is 4.48. The predicted molar refractivity (Wildman–Crippen MR) is 109 cm³/mol. The van der Waals surface area contributed by atoms with Crippen LogP contribution in [0.2, 0.25) is 0 Å². The molecule has 1 saturated heterocycles. The lowest BCUT2D eigenvalue weighted by Crippen LogP contribution is -2.54. The largest absolute Gasteiger partial charge is 0.491 e. The summed E-state index contributed by atoms with van der Waals surface area (Å²) in [5.41, 5.74) is -0.465. The number of pyridine rings is 1. The van der Waals surface area contributed by atoms with Crippen LogP contribution in [0.15, 0.2) is 36.7 Å². The van der Waals surface area contributed by atoms with E-state index < -0.39 is 29.5 Å². The van der Waals surface area contributed by atoms with Gasteiger partial charge >= 0.3 is 6.18 Å². The Labute approximate surface area is 185 Å². The van der Waals surface area contributed by atoms with Crippen molar-refractivity contribution in [3.05, 3.63) is 59.6 Å². The van der Waals surface area contributed by atoms with Crippen LogP contribution in [0.1, 0.15) is 24.2 Å². The number of ether oxygens (including phenoxy) is 2. The van der Waals surface area contributed by atoms with Crippen LogP contribution >= 0.6 is 0 Å². The van der Waals surface area contributed by atoms with Gasteiger partial charge in [0.15, 0.2) is 11.3 Å². The SMILES string of the molecule is CC1CN(C2COc3cc(F)ccc3C2Nc2cc(F)cn3cc(C(F)(F)F)nc23)CCO1. The third kappa shape index (κ3) is 4.22. The molecule has 176 valence electrons. The molecule has 3 unspecified atom stereocenters. The number of halogens is 5. The minimum absolute atomic E-state index is 0.0171. The summed E-state index contributed by atoms with van der Waals surface area (Å²) in [7, 11) is 0. The first-order valence-corrected chi connectivity index (χ1v) is 10.5. The summed E-state index contributed by atoms with van der Waals surface area (Å²) >= 11 is 0. The van der Waals surface area contributed by atoms with Crippen LogP contribution in [-0.2, 0) is 10.9 Å². The average Bonchev–Trinajstić information content (AvgIpc) is 3.18. The molecule has 2 aliphatic rings. The van der Waals surface area contributed by atoms with Crippen LogP contribution in [0.5, 0.6) is 5.75 Å². The maximum absolute atomic E-state index is 14.3. The first-order valence-electron chi connectivity index (χ1n) is 10.5. The number of rotatable bonds is 3. The van der Waals surface area contributed by atoms with Gasteiger partial charge in [-0.05, 0) is 13.0 Å². The van der Waals surface area contributed by atoms with Gasteiger partial charge in [0.05, 0.1) is 30.5 Å². The Bertz CT molecular complexity index is 1180. The van der Waals surface area contributed by atoms with E-state index in [-0.39, 0.29) is 30.1 Å². The van der Waals surface area contributed by atoms with Crippen LogP contribution in [0.4, 0.5) is 27.6 Å². The molecule has 5 rings (SSSR count). The van der Waals surface area contributed by atoms with E-state index >= 15 is 0 Å². The van der Waals surface area contributed by atoms with Gasteiger partial charge in [-0.2, -0.15) is 13.2 Å². The Balaban J connectivity index is 1.58. The zero-order valence-corrected chi connectivity index (χ0v) is 17.6. The molecule has 4 heterocycles. The third-order valence-corrected chi connectivity index (χ3v) is 5.97. The summed E-state index contributed by atoms with van der Waals surface area (Å²) in [4.78, 5) is 5.85. The minimum Gasteiger partial charge on any atom is -0.491 e. The molecule has 33 heavy (non-hydrogen) atoms. The molecule has 11 heteroatoms. The normalized spacial score (nSPS) is 23.9. The molecule has 2 aliphatic heterocycles. The smallest absolute Gasteiger partial charge is 0.434 e. The molecule has 2 aromatic heterocycles. The second-order valence-electron chi connectivity index (χ2n) is 8.29. The highest BCUT2D eigenvalue weighted by Crippen LogP contribution is 2.39. The van der Waals surface area contributed by atoms with Crippen molar-refractivity contribution in [2.75, 3.05) is 31.6 Å². The number of fused-ring (bicyclic) bond motifs is 2. The van der Waals surface area contributed by atoms with Crippen LogP contribution in [0, 0.1) is 11.6 Å². The average molecular weight is 468 g/mol. The number of hydrogen-bond acceptors (Lipinski definition) is 5. The molecule has 0 saturated carbocycles. The Hall–Kier alpha value is -2.92. The summed E-state index contributed by atoms with van der Waals surface area (Å²) in [5.74, 6) is -0.863. The van der Waals surface area contributed by atoms with Gasteiger partial charge in [-0.3, -0.25) is 4.90 Å². The summed E-state index contributed by atoms with van der Waals surface area (Å²) in [6.07, 6.45) is -3.00. The molecule has 1 fully saturated rings. The number of benzene rings is 1. The van der Waals surface area contributed by atoms with E-state index in [1.54, 1.807) is 6.07 Å². The van der Waals surface area contributed by atoms with E-state index in [0.29, 0.717) is 31.0 Å². The lowest BCUT2D eigenvalue weighted by atomic mass is 9.94. The molecule has 1 N–H and O–H groups in total. The summed E-state index contributed by atoms with van der Waals surface area (Å²) in [5, 5.41) is 3.19. The second-order valence-corrected chi connectivity index (χ2v) is 8.29. The van der Waals surface area contributed by atoms with Gasteiger partial charge in [0.25, 0.3) is 0 Å². The lowest BCUT2D eigenvalue weighted by molar-refractivity contribution is -0.140. The highest BCUT2D eigenvalue weighted by Gasteiger charge is 2.38. The fraction of sp³-hybridized carbons (Fsp3) is 0.409. The van der Waals surface area contributed by atoms with Crippen molar-refractivity contribution in [1.82, 2.24) is 14.3 Å². The summed E-state index contributed by atoms with van der Waals surface area (Å²) in [6.45, 7) is 3.91. The Morgan fingerprint density at radius 3 is 2.70 bits per heavy atom. The number of hydrogen-bond donors (Lipinski definition) is 1. The molecule has 3 atom stereocenters. The molecule has 0 radical (unpaired) electrons. The molecule has 0 amide bonds. The van der Waals surface area contributed by atoms with Gasteiger partial charge in [-0.25, -0.2) is 13.8 Å². The molecule has 0 bridgehead atoms. The number of nitrogens with zero attached hydrogens (tertiary/aromatic N) is 3. The van der Waals surface area contributed by atoms with E-state index in [0.717, 1.165) is 22.9 Å².